The molecule has 3 aromatic rings. The molecule has 3 heterocycles. The van der Waals surface area contributed by atoms with E-state index >= 15 is 0 Å². The van der Waals surface area contributed by atoms with Crippen molar-refractivity contribution in [2.24, 2.45) is 10.9 Å². The maximum atomic E-state index is 13.2. The number of rotatable bonds is 2. The summed E-state index contributed by atoms with van der Waals surface area (Å²) in [7, 11) is 0. The molecule has 5 rings (SSSR count). The molecule has 2 aliphatic rings. The van der Waals surface area contributed by atoms with Gasteiger partial charge < -0.3 is 0 Å². The second-order valence-corrected chi connectivity index (χ2v) is 8.56. The Morgan fingerprint density at radius 1 is 1.15 bits per heavy atom. The lowest BCUT2D eigenvalue weighted by Crippen LogP contribution is -2.41. The second-order valence-electron chi connectivity index (χ2n) is 6.67. The number of carbonyl (C=O) groups excluding carboxylic acids is 1. The first-order valence-corrected chi connectivity index (χ1v) is 10.2. The number of ketones is 1. The maximum Gasteiger partial charge on any atom is 0.248 e. The van der Waals surface area contributed by atoms with Crippen LogP contribution in [0.15, 0.2) is 57.6 Å². The van der Waals surface area contributed by atoms with Gasteiger partial charge in [-0.2, -0.15) is 10.1 Å². The van der Waals surface area contributed by atoms with Crippen LogP contribution in [-0.2, 0) is 4.79 Å². The number of carbonyl (C=O) groups is 1. The first-order chi connectivity index (χ1) is 12.7. The van der Waals surface area contributed by atoms with Crippen LogP contribution in [0.3, 0.4) is 0 Å². The van der Waals surface area contributed by atoms with Crippen molar-refractivity contribution in [1.29, 1.82) is 0 Å². The van der Waals surface area contributed by atoms with Crippen LogP contribution in [0, 0.1) is 5.92 Å². The number of hydrogen-bond acceptors (Lipinski definition) is 5. The molecule has 130 valence electrons. The molecule has 1 saturated carbocycles. The lowest BCUT2D eigenvalue weighted by atomic mass is 9.73. The van der Waals surface area contributed by atoms with E-state index in [2.05, 4.69) is 37.5 Å². The zero-order valence-electron chi connectivity index (χ0n) is 13.7. The molecule has 0 amide bonds. The number of hydrogen-bond donors (Lipinski definition) is 0. The highest BCUT2D eigenvalue weighted by molar-refractivity contribution is 9.10. The minimum Gasteiger partial charge on any atom is -0.299 e. The van der Waals surface area contributed by atoms with E-state index in [1.54, 1.807) is 16.0 Å². The number of halogens is 1. The molecule has 7 heteroatoms. The third kappa shape index (κ3) is 2.57. The van der Waals surface area contributed by atoms with Crippen LogP contribution in [0.5, 0.6) is 0 Å². The molecular formula is C19H15BrN4OS. The van der Waals surface area contributed by atoms with Crippen LogP contribution in [0.1, 0.15) is 35.2 Å². The molecule has 0 radical (unpaired) electrons. The monoisotopic (exact) mass is 426 g/mol. The van der Waals surface area contributed by atoms with Gasteiger partial charge in [0.15, 0.2) is 0 Å². The SMILES string of the molecule is O=C1CC(c2cccs2)CC2=Nc3ncnn3C(c3ccc(Br)cc3)C12. The van der Waals surface area contributed by atoms with E-state index in [0.29, 0.717) is 12.4 Å². The van der Waals surface area contributed by atoms with Crippen LogP contribution in [0.4, 0.5) is 5.95 Å². The van der Waals surface area contributed by atoms with Crippen LogP contribution in [0.25, 0.3) is 0 Å². The van der Waals surface area contributed by atoms with Crippen LogP contribution < -0.4 is 0 Å². The van der Waals surface area contributed by atoms with E-state index in [4.69, 9.17) is 4.99 Å². The van der Waals surface area contributed by atoms with Crippen LogP contribution in [0.2, 0.25) is 0 Å². The molecule has 5 nitrogen and oxygen atoms in total. The van der Waals surface area contributed by atoms with Gasteiger partial charge in [0, 0.05) is 27.4 Å². The highest BCUT2D eigenvalue weighted by Gasteiger charge is 2.44. The molecule has 0 saturated heterocycles. The summed E-state index contributed by atoms with van der Waals surface area (Å²) in [4.78, 5) is 23.4. The second kappa shape index (κ2) is 6.25. The predicted molar refractivity (Wildman–Crippen MR) is 104 cm³/mol. The minimum absolute atomic E-state index is 0.176. The molecular weight excluding hydrogens is 412 g/mol. The van der Waals surface area contributed by atoms with Crippen molar-refractivity contribution in [1.82, 2.24) is 14.8 Å². The summed E-state index contributed by atoms with van der Waals surface area (Å²) in [6.07, 6.45) is 2.88. The average Bonchev–Trinajstić information content (AvgIpc) is 3.32. The summed E-state index contributed by atoms with van der Waals surface area (Å²) in [6.45, 7) is 0. The molecule has 26 heavy (non-hydrogen) atoms. The number of benzene rings is 1. The van der Waals surface area contributed by atoms with Gasteiger partial charge in [-0.1, -0.05) is 34.1 Å². The van der Waals surface area contributed by atoms with E-state index in [1.807, 2.05) is 30.3 Å². The lowest BCUT2D eigenvalue weighted by Gasteiger charge is -2.36. The zero-order valence-corrected chi connectivity index (χ0v) is 16.2. The molecule has 2 aromatic heterocycles. The van der Waals surface area contributed by atoms with Crippen molar-refractivity contribution in [2.75, 3.05) is 0 Å². The molecule has 3 atom stereocenters. The highest BCUT2D eigenvalue weighted by Crippen LogP contribution is 2.44. The lowest BCUT2D eigenvalue weighted by molar-refractivity contribution is -0.122. The topological polar surface area (TPSA) is 60.1 Å². The van der Waals surface area contributed by atoms with Crippen molar-refractivity contribution in [2.45, 2.75) is 24.8 Å². The number of aliphatic imine (C=N–C) groups is 1. The van der Waals surface area contributed by atoms with Crippen molar-refractivity contribution >= 4 is 44.7 Å². The first kappa shape index (κ1) is 16.1. The quantitative estimate of drug-likeness (QED) is 0.604. The molecule has 0 spiro atoms. The van der Waals surface area contributed by atoms with E-state index in [-0.39, 0.29) is 23.7 Å². The molecule has 0 N–H and O–H groups in total. The standard InChI is InChI=1S/C19H15BrN4OS/c20-13-5-3-11(4-6-13)18-17-14(23-19-21-10-22-24(18)19)8-12(9-15(17)25)16-2-1-7-26-16/h1-7,10,12,17-18H,8-9H2. The molecule has 1 aliphatic carbocycles. The largest absolute Gasteiger partial charge is 0.299 e. The molecule has 3 unspecified atom stereocenters. The van der Waals surface area contributed by atoms with E-state index in [0.717, 1.165) is 22.2 Å². The molecule has 1 aliphatic heterocycles. The van der Waals surface area contributed by atoms with Gasteiger partial charge in [-0.25, -0.2) is 9.67 Å². The Hall–Kier alpha value is -2.12. The van der Waals surface area contributed by atoms with Crippen molar-refractivity contribution in [3.05, 3.63) is 63.0 Å². The third-order valence-electron chi connectivity index (χ3n) is 5.14. The van der Waals surface area contributed by atoms with Crippen molar-refractivity contribution in [3.63, 3.8) is 0 Å². The third-order valence-corrected chi connectivity index (χ3v) is 6.71. The number of thiophene rings is 1. The number of Topliss-reactive ketones (excluding diaryl/α,β-unsaturated/α-hetero) is 1. The van der Waals surface area contributed by atoms with Gasteiger partial charge in [0.2, 0.25) is 5.95 Å². The molecule has 1 aromatic carbocycles. The predicted octanol–water partition coefficient (Wildman–Crippen LogP) is 4.54. The van der Waals surface area contributed by atoms with Crippen molar-refractivity contribution < 1.29 is 4.79 Å². The van der Waals surface area contributed by atoms with Gasteiger partial charge in [-0.05, 0) is 35.6 Å². The maximum absolute atomic E-state index is 13.2. The average molecular weight is 427 g/mol. The summed E-state index contributed by atoms with van der Waals surface area (Å²) in [5, 5.41) is 6.43. The van der Waals surface area contributed by atoms with E-state index < -0.39 is 0 Å². The van der Waals surface area contributed by atoms with Gasteiger partial charge >= 0.3 is 0 Å². The minimum atomic E-state index is -0.262. The van der Waals surface area contributed by atoms with Gasteiger partial charge in [-0.3, -0.25) is 4.79 Å². The Morgan fingerprint density at radius 3 is 2.77 bits per heavy atom. The fourth-order valence-electron chi connectivity index (χ4n) is 3.99. The normalized spacial score (nSPS) is 24.7. The zero-order chi connectivity index (χ0) is 17.7. The Bertz CT molecular complexity index is 993. The smallest absolute Gasteiger partial charge is 0.248 e. The Kier molecular flexibility index (Phi) is 3.86. The summed E-state index contributed by atoms with van der Waals surface area (Å²) in [5.41, 5.74) is 1.99. The van der Waals surface area contributed by atoms with Gasteiger partial charge in [-0.15, -0.1) is 11.3 Å². The summed E-state index contributed by atoms with van der Waals surface area (Å²) < 4.78 is 2.80. The van der Waals surface area contributed by atoms with Gasteiger partial charge in [0.25, 0.3) is 0 Å². The Morgan fingerprint density at radius 2 is 2.00 bits per heavy atom. The van der Waals surface area contributed by atoms with Crippen LogP contribution in [-0.4, -0.2) is 26.3 Å². The fraction of sp³-hybridized carbons (Fsp3) is 0.263. The number of aromatic nitrogens is 3. The first-order valence-electron chi connectivity index (χ1n) is 8.49. The van der Waals surface area contributed by atoms with Crippen molar-refractivity contribution in [3.8, 4) is 0 Å². The molecule has 0 bridgehead atoms. The Labute approximate surface area is 162 Å². The molecule has 1 fully saturated rings. The van der Waals surface area contributed by atoms with Gasteiger partial charge in [0.1, 0.15) is 12.1 Å². The summed E-state index contributed by atoms with van der Waals surface area (Å²) in [6, 6.07) is 12.1. The Balaban J connectivity index is 1.59. The van der Waals surface area contributed by atoms with Crippen LogP contribution >= 0.6 is 27.3 Å². The van der Waals surface area contributed by atoms with E-state index in [9.17, 15) is 4.79 Å². The summed E-state index contributed by atoms with van der Waals surface area (Å²) in [5.74, 6) is 0.783. The fourth-order valence-corrected chi connectivity index (χ4v) is 5.08. The number of fused-ring (bicyclic) bond motifs is 2. The van der Waals surface area contributed by atoms with E-state index in [1.165, 1.54) is 11.2 Å². The number of nitrogens with zero attached hydrogens (tertiary/aromatic N) is 4. The summed E-state index contributed by atoms with van der Waals surface area (Å²) >= 11 is 5.19. The van der Waals surface area contributed by atoms with Gasteiger partial charge in [0.05, 0.1) is 12.0 Å². The highest BCUT2D eigenvalue weighted by atomic mass is 79.9.